The van der Waals surface area contributed by atoms with Crippen molar-refractivity contribution >= 4 is 50.6 Å². The first-order chi connectivity index (χ1) is 13.4. The van der Waals surface area contributed by atoms with Gasteiger partial charge in [-0.1, -0.05) is 17.7 Å². The minimum atomic E-state index is -3.73. The van der Waals surface area contributed by atoms with Crippen molar-refractivity contribution in [3.8, 4) is 0 Å². The van der Waals surface area contributed by atoms with Crippen LogP contribution in [0.25, 0.3) is 6.08 Å². The summed E-state index contributed by atoms with van der Waals surface area (Å²) in [5.74, 6) is -0.218. The average Bonchev–Trinajstić information content (AvgIpc) is 3.25. The number of hydrogen-bond acceptors (Lipinski definition) is 5. The third-order valence-electron chi connectivity index (χ3n) is 4.91. The predicted molar refractivity (Wildman–Crippen MR) is 113 cm³/mol. The number of halogens is 1. The molecule has 0 radical (unpaired) electrons. The second kappa shape index (κ2) is 7.96. The molecule has 1 saturated heterocycles. The molecular formula is C19H20ClN3O3S2. The number of nitrogens with one attached hydrogen (secondary N) is 2. The van der Waals surface area contributed by atoms with E-state index in [4.69, 9.17) is 11.6 Å². The van der Waals surface area contributed by atoms with Crippen LogP contribution in [0.4, 0.5) is 5.69 Å². The molecule has 1 fully saturated rings. The largest absolute Gasteiger partial charge is 0.312 e. The van der Waals surface area contributed by atoms with Crippen molar-refractivity contribution in [2.24, 2.45) is 0 Å². The molecule has 3 heterocycles. The van der Waals surface area contributed by atoms with Gasteiger partial charge in [-0.15, -0.1) is 11.3 Å². The zero-order valence-corrected chi connectivity index (χ0v) is 17.4. The van der Waals surface area contributed by atoms with E-state index in [1.54, 1.807) is 17.0 Å². The van der Waals surface area contributed by atoms with Crippen molar-refractivity contribution in [2.75, 3.05) is 18.0 Å². The third kappa shape index (κ3) is 4.31. The number of sulfonamides is 1. The summed E-state index contributed by atoms with van der Waals surface area (Å²) in [5.41, 5.74) is 3.32. The molecule has 2 aliphatic rings. The Bertz CT molecular complexity index is 1030. The standard InChI is InChI=1S/C19H20ClN3O3S2/c20-18-4-3-16(27-18)7-10-28(25,26)22-17-6-9-23(19(17)24)15-2-1-14-12-21-8-5-13(14)11-15/h1-4,7,10-11,17,21-22H,5-6,8-9,12H2/b10-7+. The summed E-state index contributed by atoms with van der Waals surface area (Å²) in [6, 6.07) is 8.72. The van der Waals surface area contributed by atoms with Crippen LogP contribution < -0.4 is 14.9 Å². The summed E-state index contributed by atoms with van der Waals surface area (Å²) >= 11 is 7.14. The number of benzene rings is 1. The third-order valence-corrected chi connectivity index (χ3v) is 7.21. The number of fused-ring (bicyclic) bond motifs is 1. The molecule has 6 nitrogen and oxygen atoms in total. The van der Waals surface area contributed by atoms with Gasteiger partial charge in [-0.05, 0) is 60.9 Å². The lowest BCUT2D eigenvalue weighted by atomic mass is 10.0. The number of carbonyl (C=O) groups is 1. The zero-order valence-electron chi connectivity index (χ0n) is 15.0. The van der Waals surface area contributed by atoms with Gasteiger partial charge >= 0.3 is 0 Å². The highest BCUT2D eigenvalue weighted by Crippen LogP contribution is 2.27. The number of hydrogen-bond donors (Lipinski definition) is 2. The van der Waals surface area contributed by atoms with Gasteiger partial charge in [-0.2, -0.15) is 4.72 Å². The molecule has 2 aliphatic heterocycles. The SMILES string of the molecule is O=C1C(NS(=O)(=O)/C=C/c2ccc(Cl)s2)CCN1c1ccc2c(c1)CCNC2. The lowest BCUT2D eigenvalue weighted by molar-refractivity contribution is -0.118. The quantitative estimate of drug-likeness (QED) is 0.753. The van der Waals surface area contributed by atoms with E-state index in [1.165, 1.54) is 28.5 Å². The Morgan fingerprint density at radius 2 is 2.11 bits per heavy atom. The van der Waals surface area contributed by atoms with Gasteiger partial charge in [-0.3, -0.25) is 4.79 Å². The lowest BCUT2D eigenvalue weighted by Gasteiger charge is -2.22. The van der Waals surface area contributed by atoms with E-state index < -0.39 is 16.1 Å². The van der Waals surface area contributed by atoms with Gasteiger partial charge in [0.25, 0.3) is 0 Å². The molecule has 2 N–H and O–H groups in total. The number of thiophene rings is 1. The predicted octanol–water partition coefficient (Wildman–Crippen LogP) is 2.74. The summed E-state index contributed by atoms with van der Waals surface area (Å²) in [6.07, 6.45) is 2.85. The maximum absolute atomic E-state index is 12.8. The Hall–Kier alpha value is -1.71. The summed E-state index contributed by atoms with van der Waals surface area (Å²) in [7, 11) is -3.73. The fraction of sp³-hybridized carbons (Fsp3) is 0.316. The number of anilines is 1. The van der Waals surface area contributed by atoms with Crippen LogP contribution in [0.5, 0.6) is 0 Å². The first-order valence-corrected chi connectivity index (χ1v) is 11.7. The van der Waals surface area contributed by atoms with Crippen molar-refractivity contribution in [1.29, 1.82) is 0 Å². The van der Waals surface area contributed by atoms with Crippen LogP contribution in [0.3, 0.4) is 0 Å². The van der Waals surface area contributed by atoms with Gasteiger partial charge in [0, 0.05) is 29.1 Å². The van der Waals surface area contributed by atoms with Crippen LogP contribution >= 0.6 is 22.9 Å². The highest BCUT2D eigenvalue weighted by atomic mass is 35.5. The van der Waals surface area contributed by atoms with E-state index in [0.29, 0.717) is 17.3 Å². The van der Waals surface area contributed by atoms with E-state index in [2.05, 4.69) is 10.0 Å². The van der Waals surface area contributed by atoms with Crippen molar-refractivity contribution in [3.63, 3.8) is 0 Å². The Labute approximate surface area is 173 Å². The molecule has 0 saturated carbocycles. The Morgan fingerprint density at radius 3 is 2.89 bits per heavy atom. The normalized spacial score (nSPS) is 20.1. The molecular weight excluding hydrogens is 418 g/mol. The molecule has 0 aliphatic carbocycles. The van der Waals surface area contributed by atoms with Crippen LogP contribution in [0.2, 0.25) is 4.34 Å². The Morgan fingerprint density at radius 1 is 1.25 bits per heavy atom. The molecule has 1 aromatic carbocycles. The number of amides is 1. The van der Waals surface area contributed by atoms with Gasteiger partial charge in [0.05, 0.1) is 4.34 Å². The first-order valence-electron chi connectivity index (χ1n) is 9.01. The van der Waals surface area contributed by atoms with Crippen LogP contribution in [-0.2, 0) is 27.8 Å². The molecule has 9 heteroatoms. The highest BCUT2D eigenvalue weighted by Gasteiger charge is 2.35. The highest BCUT2D eigenvalue weighted by molar-refractivity contribution is 7.92. The molecule has 0 bridgehead atoms. The van der Waals surface area contributed by atoms with E-state index >= 15 is 0 Å². The van der Waals surface area contributed by atoms with Gasteiger partial charge < -0.3 is 10.2 Å². The summed E-state index contributed by atoms with van der Waals surface area (Å²) in [6.45, 7) is 2.26. The van der Waals surface area contributed by atoms with E-state index in [-0.39, 0.29) is 5.91 Å². The zero-order chi connectivity index (χ0) is 19.7. The minimum absolute atomic E-state index is 0.218. The molecule has 1 atom stereocenters. The van der Waals surface area contributed by atoms with Crippen LogP contribution in [0.1, 0.15) is 22.4 Å². The van der Waals surface area contributed by atoms with Crippen molar-refractivity contribution < 1.29 is 13.2 Å². The number of nitrogens with zero attached hydrogens (tertiary/aromatic N) is 1. The molecule has 1 amide bonds. The molecule has 0 spiro atoms. The number of carbonyl (C=O) groups excluding carboxylic acids is 1. The van der Waals surface area contributed by atoms with Crippen LogP contribution in [0.15, 0.2) is 35.7 Å². The molecule has 2 aromatic rings. The van der Waals surface area contributed by atoms with E-state index in [0.717, 1.165) is 35.5 Å². The van der Waals surface area contributed by atoms with Gasteiger partial charge in [0.1, 0.15) is 6.04 Å². The Balaban J connectivity index is 1.44. The topological polar surface area (TPSA) is 78.5 Å². The van der Waals surface area contributed by atoms with Crippen molar-refractivity contribution in [3.05, 3.63) is 56.1 Å². The smallest absolute Gasteiger partial charge is 0.245 e. The average molecular weight is 438 g/mol. The molecule has 4 rings (SSSR count). The second-order valence-electron chi connectivity index (χ2n) is 6.82. The summed E-state index contributed by atoms with van der Waals surface area (Å²) in [5, 5.41) is 4.41. The van der Waals surface area contributed by atoms with Gasteiger partial charge in [0.15, 0.2) is 0 Å². The minimum Gasteiger partial charge on any atom is -0.312 e. The van der Waals surface area contributed by atoms with Crippen LogP contribution in [0, 0.1) is 0 Å². The van der Waals surface area contributed by atoms with E-state index in [1.807, 2.05) is 18.2 Å². The monoisotopic (exact) mass is 437 g/mol. The Kier molecular flexibility index (Phi) is 5.57. The maximum atomic E-state index is 12.8. The first kappa shape index (κ1) is 19.6. The van der Waals surface area contributed by atoms with Crippen molar-refractivity contribution in [1.82, 2.24) is 10.0 Å². The summed E-state index contributed by atoms with van der Waals surface area (Å²) < 4.78 is 27.8. The fourth-order valence-corrected chi connectivity index (χ4v) is 5.56. The molecule has 1 unspecified atom stereocenters. The second-order valence-corrected chi connectivity index (χ2v) is 10.2. The van der Waals surface area contributed by atoms with Gasteiger partial charge in [-0.25, -0.2) is 8.42 Å². The fourth-order valence-electron chi connectivity index (χ4n) is 3.49. The molecule has 148 valence electrons. The summed E-state index contributed by atoms with van der Waals surface area (Å²) in [4.78, 5) is 15.2. The number of rotatable bonds is 5. The molecule has 28 heavy (non-hydrogen) atoms. The molecule has 1 aromatic heterocycles. The van der Waals surface area contributed by atoms with Gasteiger partial charge in [0.2, 0.25) is 15.9 Å². The lowest BCUT2D eigenvalue weighted by Crippen LogP contribution is -2.40. The van der Waals surface area contributed by atoms with Crippen LogP contribution in [-0.4, -0.2) is 33.5 Å². The van der Waals surface area contributed by atoms with Crippen molar-refractivity contribution in [2.45, 2.75) is 25.4 Å². The van der Waals surface area contributed by atoms with E-state index in [9.17, 15) is 13.2 Å². The maximum Gasteiger partial charge on any atom is 0.245 e.